The molecule has 2 aromatic carbocycles. The number of cyclic esters (lactones) is 1. The summed E-state index contributed by atoms with van der Waals surface area (Å²) in [6, 6.07) is 14.6. The number of carbonyl (C=O) groups is 2. The predicted octanol–water partition coefficient (Wildman–Crippen LogP) is 2.66. The second kappa shape index (κ2) is 5.85. The Hall–Kier alpha value is -2.89. The van der Waals surface area contributed by atoms with E-state index in [-0.39, 0.29) is 12.1 Å². The maximum atomic E-state index is 13.7. The van der Waals surface area contributed by atoms with E-state index in [1.165, 1.54) is 6.07 Å². The van der Waals surface area contributed by atoms with Crippen LogP contribution in [0.5, 0.6) is 0 Å². The molecule has 3 rings (SSSR count). The Bertz CT molecular complexity index is 706. The third kappa shape index (κ3) is 2.76. The van der Waals surface area contributed by atoms with Crippen molar-refractivity contribution in [3.05, 3.63) is 71.5 Å². The monoisotopic (exact) mass is 300 g/mol. The summed E-state index contributed by atoms with van der Waals surface area (Å²) in [6.45, 7) is 0.0539. The fraction of sp³-hybridized carbons (Fsp3) is 0.125. The van der Waals surface area contributed by atoms with Crippen molar-refractivity contribution in [3.63, 3.8) is 0 Å². The van der Waals surface area contributed by atoms with E-state index >= 15 is 0 Å². The molecule has 112 valence electrons. The first-order chi connectivity index (χ1) is 10.6. The number of hydrogen-bond acceptors (Lipinski definition) is 3. The molecule has 2 aromatic rings. The molecule has 0 saturated carbocycles. The first kappa shape index (κ1) is 14.1. The van der Waals surface area contributed by atoms with Crippen molar-refractivity contribution in [2.45, 2.75) is 6.10 Å². The normalized spacial score (nSPS) is 17.2. The Morgan fingerprint density at radius 1 is 1.14 bits per heavy atom. The highest BCUT2D eigenvalue weighted by Gasteiger charge is 2.35. The van der Waals surface area contributed by atoms with Gasteiger partial charge in [0.05, 0.1) is 6.54 Å². The number of halogens is 1. The van der Waals surface area contributed by atoms with Crippen molar-refractivity contribution in [1.82, 2.24) is 10.4 Å². The highest BCUT2D eigenvalue weighted by Crippen LogP contribution is 2.26. The molecular formula is C16H13FN2O3. The van der Waals surface area contributed by atoms with E-state index in [0.717, 1.165) is 5.01 Å². The van der Waals surface area contributed by atoms with E-state index < -0.39 is 23.9 Å². The van der Waals surface area contributed by atoms with Gasteiger partial charge in [-0.25, -0.2) is 14.2 Å². The van der Waals surface area contributed by atoms with Crippen molar-refractivity contribution < 1.29 is 18.7 Å². The van der Waals surface area contributed by atoms with Gasteiger partial charge >= 0.3 is 6.09 Å². The third-order valence-corrected chi connectivity index (χ3v) is 3.34. The van der Waals surface area contributed by atoms with Gasteiger partial charge in [0.15, 0.2) is 6.10 Å². The number of rotatable bonds is 3. The highest BCUT2D eigenvalue weighted by atomic mass is 19.1. The average molecular weight is 300 g/mol. The van der Waals surface area contributed by atoms with Crippen LogP contribution in [0.3, 0.4) is 0 Å². The standard InChI is InChI=1S/C16H13FN2O3/c17-13-9-5-4-8-12(13)14-10-19(16(21)22-14)18-15(20)11-6-2-1-3-7-11/h1-9,14H,10H2,(H,18,20)/t14-/m1/s1. The number of nitrogens with one attached hydrogen (secondary N) is 1. The van der Waals surface area contributed by atoms with Gasteiger partial charge in [-0.15, -0.1) is 0 Å². The Kier molecular flexibility index (Phi) is 3.74. The number of carbonyl (C=O) groups excluding carboxylic acids is 2. The second-order valence-electron chi connectivity index (χ2n) is 4.81. The smallest absolute Gasteiger partial charge is 0.429 e. The third-order valence-electron chi connectivity index (χ3n) is 3.34. The molecule has 2 amide bonds. The zero-order chi connectivity index (χ0) is 15.5. The summed E-state index contributed by atoms with van der Waals surface area (Å²) in [6.07, 6.45) is -1.46. The minimum Gasteiger partial charge on any atom is -0.438 e. The van der Waals surface area contributed by atoms with Gasteiger partial charge in [-0.3, -0.25) is 10.2 Å². The fourth-order valence-electron chi connectivity index (χ4n) is 2.23. The molecule has 0 radical (unpaired) electrons. The number of hydrazine groups is 1. The molecule has 1 aliphatic rings. The van der Waals surface area contributed by atoms with Crippen LogP contribution in [0.1, 0.15) is 22.0 Å². The molecule has 6 heteroatoms. The lowest BCUT2D eigenvalue weighted by Crippen LogP contribution is -2.42. The van der Waals surface area contributed by atoms with Gasteiger partial charge in [0, 0.05) is 11.1 Å². The molecule has 1 saturated heterocycles. The Morgan fingerprint density at radius 2 is 1.82 bits per heavy atom. The zero-order valence-electron chi connectivity index (χ0n) is 11.5. The number of benzene rings is 2. The quantitative estimate of drug-likeness (QED) is 0.948. The van der Waals surface area contributed by atoms with Crippen LogP contribution in [0.25, 0.3) is 0 Å². The number of amides is 2. The van der Waals surface area contributed by atoms with Gasteiger partial charge in [0.25, 0.3) is 5.91 Å². The van der Waals surface area contributed by atoms with Gasteiger partial charge < -0.3 is 4.74 Å². The van der Waals surface area contributed by atoms with Crippen LogP contribution >= 0.6 is 0 Å². The van der Waals surface area contributed by atoms with Crippen LogP contribution in [0.2, 0.25) is 0 Å². The molecule has 1 aliphatic heterocycles. The molecule has 0 unspecified atom stereocenters. The lowest BCUT2D eigenvalue weighted by Gasteiger charge is -2.14. The number of nitrogens with zero attached hydrogens (tertiary/aromatic N) is 1. The van der Waals surface area contributed by atoms with Gasteiger partial charge in [0.1, 0.15) is 5.82 Å². The number of hydrogen-bond donors (Lipinski definition) is 1. The Morgan fingerprint density at radius 3 is 2.55 bits per heavy atom. The van der Waals surface area contributed by atoms with E-state index in [0.29, 0.717) is 5.56 Å². The van der Waals surface area contributed by atoms with Crippen molar-refractivity contribution in [2.24, 2.45) is 0 Å². The predicted molar refractivity (Wildman–Crippen MR) is 76.2 cm³/mol. The minimum absolute atomic E-state index is 0.0539. The Labute approximate surface area is 126 Å². The highest BCUT2D eigenvalue weighted by molar-refractivity contribution is 5.95. The molecule has 1 heterocycles. The van der Waals surface area contributed by atoms with Gasteiger partial charge in [-0.2, -0.15) is 0 Å². The van der Waals surface area contributed by atoms with E-state index in [9.17, 15) is 14.0 Å². The molecule has 0 bridgehead atoms. The van der Waals surface area contributed by atoms with Crippen LogP contribution < -0.4 is 5.43 Å². The van der Waals surface area contributed by atoms with Crippen molar-refractivity contribution in [1.29, 1.82) is 0 Å². The largest absolute Gasteiger partial charge is 0.438 e. The Balaban J connectivity index is 1.71. The van der Waals surface area contributed by atoms with Crippen LogP contribution in [0.4, 0.5) is 9.18 Å². The average Bonchev–Trinajstić information content (AvgIpc) is 2.89. The zero-order valence-corrected chi connectivity index (χ0v) is 11.5. The SMILES string of the molecule is O=C(NN1C[C@H](c2ccccc2F)OC1=O)c1ccccc1. The summed E-state index contributed by atoms with van der Waals surface area (Å²) in [5.74, 6) is -0.872. The van der Waals surface area contributed by atoms with Gasteiger partial charge in [0.2, 0.25) is 0 Å². The summed E-state index contributed by atoms with van der Waals surface area (Å²) >= 11 is 0. The first-order valence-electron chi connectivity index (χ1n) is 6.74. The van der Waals surface area contributed by atoms with Crippen LogP contribution in [0, 0.1) is 5.82 Å². The first-order valence-corrected chi connectivity index (χ1v) is 6.74. The van der Waals surface area contributed by atoms with Crippen molar-refractivity contribution >= 4 is 12.0 Å². The maximum absolute atomic E-state index is 13.7. The molecule has 22 heavy (non-hydrogen) atoms. The molecule has 0 aromatic heterocycles. The van der Waals surface area contributed by atoms with Crippen molar-refractivity contribution in [2.75, 3.05) is 6.54 Å². The molecular weight excluding hydrogens is 287 g/mol. The molecule has 5 nitrogen and oxygen atoms in total. The summed E-state index contributed by atoms with van der Waals surface area (Å²) in [5, 5.41) is 1.05. The fourth-order valence-corrected chi connectivity index (χ4v) is 2.23. The van der Waals surface area contributed by atoms with E-state index in [1.54, 1.807) is 48.5 Å². The van der Waals surface area contributed by atoms with Gasteiger partial charge in [-0.1, -0.05) is 36.4 Å². The molecule has 1 fully saturated rings. The topological polar surface area (TPSA) is 58.6 Å². The van der Waals surface area contributed by atoms with Crippen LogP contribution in [-0.2, 0) is 4.74 Å². The molecule has 0 spiro atoms. The summed E-state index contributed by atoms with van der Waals surface area (Å²) in [7, 11) is 0. The van der Waals surface area contributed by atoms with Gasteiger partial charge in [-0.05, 0) is 18.2 Å². The number of ether oxygens (including phenoxy) is 1. The molecule has 0 aliphatic carbocycles. The van der Waals surface area contributed by atoms with E-state index in [1.807, 2.05) is 0 Å². The molecule has 1 atom stereocenters. The summed E-state index contributed by atoms with van der Waals surface area (Å²) in [5.41, 5.74) is 3.17. The van der Waals surface area contributed by atoms with E-state index in [4.69, 9.17) is 4.74 Å². The van der Waals surface area contributed by atoms with Crippen molar-refractivity contribution in [3.8, 4) is 0 Å². The summed E-state index contributed by atoms with van der Waals surface area (Å²) in [4.78, 5) is 23.8. The van der Waals surface area contributed by atoms with Crippen LogP contribution in [0.15, 0.2) is 54.6 Å². The minimum atomic E-state index is -0.746. The van der Waals surface area contributed by atoms with E-state index in [2.05, 4.69) is 5.43 Å². The molecule has 1 N–H and O–H groups in total. The summed E-state index contributed by atoms with van der Waals surface area (Å²) < 4.78 is 18.8. The lowest BCUT2D eigenvalue weighted by molar-refractivity contribution is 0.0829. The maximum Gasteiger partial charge on any atom is 0.429 e. The van der Waals surface area contributed by atoms with Crippen LogP contribution in [-0.4, -0.2) is 23.6 Å². The lowest BCUT2D eigenvalue weighted by atomic mass is 10.1. The second-order valence-corrected chi connectivity index (χ2v) is 4.81.